The molecule has 1 aromatic carbocycles. The number of fused-ring (bicyclic) bond motifs is 1. The Labute approximate surface area is 104 Å². The minimum Gasteiger partial charge on any atom is -0.493 e. The number of hydrogen-bond donors (Lipinski definition) is 1. The van der Waals surface area contributed by atoms with Crippen LogP contribution in [-0.4, -0.2) is 13.2 Å². The van der Waals surface area contributed by atoms with E-state index in [4.69, 9.17) is 10.5 Å². The first kappa shape index (κ1) is 12.4. The molecule has 17 heavy (non-hydrogen) atoms. The average Bonchev–Trinajstić information content (AvgIpc) is 2.36. The van der Waals surface area contributed by atoms with E-state index in [0.29, 0.717) is 13.2 Å². The molecule has 0 radical (unpaired) electrons. The van der Waals surface area contributed by atoms with Crippen LogP contribution in [0.5, 0.6) is 5.75 Å². The molecule has 0 atom stereocenters. The van der Waals surface area contributed by atoms with Gasteiger partial charge >= 0.3 is 0 Å². The monoisotopic (exact) mass is 233 g/mol. The van der Waals surface area contributed by atoms with Gasteiger partial charge in [0.25, 0.3) is 0 Å². The van der Waals surface area contributed by atoms with Gasteiger partial charge in [-0.25, -0.2) is 0 Å². The van der Waals surface area contributed by atoms with E-state index in [1.165, 1.54) is 36.8 Å². The van der Waals surface area contributed by atoms with Crippen LogP contribution in [0.2, 0.25) is 0 Å². The Kier molecular flexibility index (Phi) is 3.72. The Morgan fingerprint density at radius 2 is 1.88 bits per heavy atom. The van der Waals surface area contributed by atoms with Gasteiger partial charge in [-0.15, -0.1) is 0 Å². The topological polar surface area (TPSA) is 35.2 Å². The molecule has 2 heteroatoms. The molecule has 1 aliphatic rings. The van der Waals surface area contributed by atoms with E-state index in [1.807, 2.05) is 0 Å². The summed E-state index contributed by atoms with van der Waals surface area (Å²) in [5.74, 6) is 0.993. The molecule has 94 valence electrons. The van der Waals surface area contributed by atoms with Crippen LogP contribution in [0.4, 0.5) is 0 Å². The Morgan fingerprint density at radius 1 is 1.18 bits per heavy atom. The summed E-state index contributed by atoms with van der Waals surface area (Å²) in [6, 6.07) is 6.52. The molecule has 0 aliphatic heterocycles. The molecule has 0 fully saturated rings. The quantitative estimate of drug-likeness (QED) is 0.868. The Hall–Kier alpha value is -1.02. The molecule has 2 rings (SSSR count). The second-order valence-corrected chi connectivity index (χ2v) is 5.79. The highest BCUT2D eigenvalue weighted by molar-refractivity contribution is 5.37. The van der Waals surface area contributed by atoms with E-state index in [9.17, 15) is 0 Å². The average molecular weight is 233 g/mol. The zero-order valence-corrected chi connectivity index (χ0v) is 11.0. The summed E-state index contributed by atoms with van der Waals surface area (Å²) in [7, 11) is 0. The highest BCUT2D eigenvalue weighted by Gasteiger charge is 2.17. The van der Waals surface area contributed by atoms with Crippen LogP contribution in [0.1, 0.15) is 37.8 Å². The number of ether oxygens (including phenoxy) is 1. The van der Waals surface area contributed by atoms with Gasteiger partial charge in [0.15, 0.2) is 0 Å². The van der Waals surface area contributed by atoms with Crippen LogP contribution in [0.3, 0.4) is 0 Å². The highest BCUT2D eigenvalue weighted by atomic mass is 16.5. The lowest BCUT2D eigenvalue weighted by atomic mass is 9.91. The van der Waals surface area contributed by atoms with Gasteiger partial charge in [-0.05, 0) is 48.9 Å². The molecule has 0 saturated carbocycles. The van der Waals surface area contributed by atoms with Gasteiger partial charge < -0.3 is 10.5 Å². The van der Waals surface area contributed by atoms with Gasteiger partial charge in [-0.2, -0.15) is 0 Å². The summed E-state index contributed by atoms with van der Waals surface area (Å²) in [5.41, 5.74) is 8.73. The van der Waals surface area contributed by atoms with Gasteiger partial charge in [-0.3, -0.25) is 0 Å². The SMILES string of the molecule is CC(C)(CN)COc1ccc2c(c1)CCCC2. The number of benzene rings is 1. The summed E-state index contributed by atoms with van der Waals surface area (Å²) in [4.78, 5) is 0. The maximum absolute atomic E-state index is 5.85. The van der Waals surface area contributed by atoms with Crippen LogP contribution in [0.15, 0.2) is 18.2 Å². The lowest BCUT2D eigenvalue weighted by Crippen LogP contribution is -2.30. The van der Waals surface area contributed by atoms with Crippen molar-refractivity contribution in [2.75, 3.05) is 13.2 Å². The molecule has 1 aromatic rings. The summed E-state index contributed by atoms with van der Waals surface area (Å²) in [6.45, 7) is 5.59. The first-order valence-electron chi connectivity index (χ1n) is 6.55. The summed E-state index contributed by atoms with van der Waals surface area (Å²) >= 11 is 0. The maximum atomic E-state index is 5.85. The molecule has 2 N–H and O–H groups in total. The third-order valence-electron chi connectivity index (χ3n) is 3.50. The van der Waals surface area contributed by atoms with Crippen LogP contribution < -0.4 is 10.5 Å². The predicted molar refractivity (Wildman–Crippen MR) is 71.4 cm³/mol. The van der Waals surface area contributed by atoms with Crippen LogP contribution in [-0.2, 0) is 12.8 Å². The molecular weight excluding hydrogens is 210 g/mol. The van der Waals surface area contributed by atoms with Crippen molar-refractivity contribution >= 4 is 0 Å². The van der Waals surface area contributed by atoms with Crippen molar-refractivity contribution in [3.05, 3.63) is 29.3 Å². The molecule has 0 amide bonds. The van der Waals surface area contributed by atoms with Crippen molar-refractivity contribution in [3.8, 4) is 5.75 Å². The van der Waals surface area contributed by atoms with Gasteiger partial charge in [-0.1, -0.05) is 19.9 Å². The van der Waals surface area contributed by atoms with Crippen LogP contribution in [0.25, 0.3) is 0 Å². The first-order valence-corrected chi connectivity index (χ1v) is 6.55. The van der Waals surface area contributed by atoms with E-state index in [2.05, 4.69) is 32.0 Å². The fourth-order valence-corrected chi connectivity index (χ4v) is 2.14. The molecule has 0 bridgehead atoms. The fraction of sp³-hybridized carbons (Fsp3) is 0.600. The summed E-state index contributed by atoms with van der Waals surface area (Å²) in [5, 5.41) is 0. The van der Waals surface area contributed by atoms with Crippen molar-refractivity contribution < 1.29 is 4.74 Å². The molecule has 0 spiro atoms. The fourth-order valence-electron chi connectivity index (χ4n) is 2.14. The lowest BCUT2D eigenvalue weighted by Gasteiger charge is -2.23. The van der Waals surface area contributed by atoms with E-state index in [1.54, 1.807) is 0 Å². The maximum Gasteiger partial charge on any atom is 0.119 e. The summed E-state index contributed by atoms with van der Waals surface area (Å²) < 4.78 is 5.85. The zero-order valence-electron chi connectivity index (χ0n) is 11.0. The van der Waals surface area contributed by atoms with Crippen molar-refractivity contribution in [1.82, 2.24) is 0 Å². The van der Waals surface area contributed by atoms with Crippen LogP contribution in [0, 0.1) is 5.41 Å². The molecule has 0 aromatic heterocycles. The van der Waals surface area contributed by atoms with Gasteiger partial charge in [0, 0.05) is 12.0 Å². The predicted octanol–water partition coefficient (Wildman–Crippen LogP) is 2.93. The lowest BCUT2D eigenvalue weighted by molar-refractivity contribution is 0.187. The van der Waals surface area contributed by atoms with Crippen LogP contribution >= 0.6 is 0 Å². The van der Waals surface area contributed by atoms with Gasteiger partial charge in [0.1, 0.15) is 5.75 Å². The van der Waals surface area contributed by atoms with Crippen molar-refractivity contribution in [2.24, 2.45) is 11.1 Å². The summed E-state index contributed by atoms with van der Waals surface area (Å²) in [6.07, 6.45) is 5.06. The largest absolute Gasteiger partial charge is 0.493 e. The third-order valence-corrected chi connectivity index (χ3v) is 3.50. The number of rotatable bonds is 4. The molecular formula is C15H23NO. The number of aryl methyl sites for hydroxylation is 2. The minimum atomic E-state index is 0.0515. The Bertz CT molecular complexity index is 385. The molecule has 0 saturated heterocycles. The normalized spacial score (nSPS) is 15.5. The van der Waals surface area contributed by atoms with Crippen molar-refractivity contribution in [1.29, 1.82) is 0 Å². The standard InChI is InChI=1S/C15H23NO/c1-15(2,10-16)11-17-14-8-7-12-5-3-4-6-13(12)9-14/h7-9H,3-6,10-11,16H2,1-2H3. The second kappa shape index (κ2) is 5.09. The second-order valence-electron chi connectivity index (χ2n) is 5.79. The van der Waals surface area contributed by atoms with E-state index in [-0.39, 0.29) is 5.41 Å². The number of hydrogen-bond acceptors (Lipinski definition) is 2. The van der Waals surface area contributed by atoms with Crippen molar-refractivity contribution in [2.45, 2.75) is 39.5 Å². The Morgan fingerprint density at radius 3 is 2.59 bits per heavy atom. The molecule has 0 heterocycles. The number of nitrogens with two attached hydrogens (primary N) is 1. The first-order chi connectivity index (χ1) is 8.11. The van der Waals surface area contributed by atoms with E-state index in [0.717, 1.165) is 5.75 Å². The Balaban J connectivity index is 2.02. The van der Waals surface area contributed by atoms with Gasteiger partial charge in [0.2, 0.25) is 0 Å². The van der Waals surface area contributed by atoms with E-state index >= 15 is 0 Å². The zero-order chi connectivity index (χ0) is 12.3. The third kappa shape index (κ3) is 3.22. The molecule has 1 aliphatic carbocycles. The van der Waals surface area contributed by atoms with Gasteiger partial charge in [0.05, 0.1) is 6.61 Å². The highest BCUT2D eigenvalue weighted by Crippen LogP contribution is 2.26. The van der Waals surface area contributed by atoms with E-state index < -0.39 is 0 Å². The van der Waals surface area contributed by atoms with Crippen molar-refractivity contribution in [3.63, 3.8) is 0 Å². The smallest absolute Gasteiger partial charge is 0.119 e. The molecule has 2 nitrogen and oxygen atoms in total. The minimum absolute atomic E-state index is 0.0515. The molecule has 0 unspecified atom stereocenters.